The summed E-state index contributed by atoms with van der Waals surface area (Å²) in [5.41, 5.74) is 12.5. The molecule has 4 aromatic rings. The molecule has 118 heavy (non-hydrogen) atoms. The zero-order chi connectivity index (χ0) is 86.6. The van der Waals surface area contributed by atoms with Gasteiger partial charge in [0, 0.05) is 92.9 Å². The van der Waals surface area contributed by atoms with Crippen LogP contribution >= 0.6 is 54.8 Å². The number of methoxy groups -OCH3 is 2. The molecule has 0 spiro atoms. The zero-order valence-electron chi connectivity index (χ0n) is 67.0. The molecule has 8 rings (SSSR count). The molecule has 18 N–H and O–H groups in total. The SMILES string of the molecule is COc1cc2cc(c1Cl)N(C)C(=O)C[C@H](OC(=O)N(C)C(C)C(=O)CCSSC[C@@H](N)C(=O)N[C@H]1CSSC[C@@H](C(=O)N[C@H](C(=O)O)[C@@H](C)O)NC(=O)[C@H]([C@@H](C)O)NC(=O)[C@H](CCCCN)NC(=O)[C@@H](Cc3c[nH]c4ccccc34)NC(=O)[C@H](Cc3ccc(O)cc3)NC1=O)[C@]1(C)O[C@H]1[C@H](C)[C@@H]1C[C@@](O)(NC(=O)O1)[C@H](OC)/C=C/C=C(\C)C2. The number of aromatic hydroxyl groups is 1. The van der Waals surface area contributed by atoms with E-state index in [1.165, 1.54) is 71.3 Å². The molecule has 0 aliphatic carbocycles. The number of hydrogen-bond acceptors (Lipinski definition) is 27. The number of unbranched alkanes of at least 4 members (excludes halogenated alkanes) is 1. The van der Waals surface area contributed by atoms with Crippen molar-refractivity contribution in [3.63, 3.8) is 0 Å². The minimum absolute atomic E-state index is 0.0784. The summed E-state index contributed by atoms with van der Waals surface area (Å²) >= 11 is 6.88. The van der Waals surface area contributed by atoms with Gasteiger partial charge in [-0.2, -0.15) is 0 Å². The van der Waals surface area contributed by atoms with Crippen LogP contribution in [-0.4, -0.2) is 267 Å². The molecule has 35 nitrogen and oxygen atoms in total. The number of ether oxygens (including phenoxy) is 5. The number of phenolic OH excluding ortho intramolecular Hbond substituents is 1. The molecular formula is C78H106ClN13O22S4. The van der Waals surface area contributed by atoms with Crippen LogP contribution in [0.15, 0.2) is 90.7 Å². The average Bonchev–Trinajstić information content (AvgIpc) is 1.57. The number of anilines is 1. The highest BCUT2D eigenvalue weighted by Crippen LogP contribution is 2.49. The van der Waals surface area contributed by atoms with E-state index in [1.807, 2.05) is 13.0 Å². The van der Waals surface area contributed by atoms with E-state index in [0.717, 1.165) is 60.6 Å². The number of para-hydroxylation sites is 1. The smallest absolute Gasteiger partial charge is 0.410 e. The minimum Gasteiger partial charge on any atom is -0.508 e. The van der Waals surface area contributed by atoms with Crippen molar-refractivity contribution in [3.05, 3.63) is 112 Å². The molecule has 3 fully saturated rings. The number of carbonyl (C=O) groups is 12. The van der Waals surface area contributed by atoms with Crippen LogP contribution in [0.1, 0.15) is 96.8 Å². The van der Waals surface area contributed by atoms with E-state index in [0.29, 0.717) is 40.4 Å². The number of halogens is 1. The number of nitrogens with two attached hydrogens (primary N) is 2. The lowest BCUT2D eigenvalue weighted by Crippen LogP contribution is -2.63. The Kier molecular flexibility index (Phi) is 34.8. The Balaban J connectivity index is 0.992. The molecule has 5 heterocycles. The summed E-state index contributed by atoms with van der Waals surface area (Å²) in [4.78, 5) is 176. The van der Waals surface area contributed by atoms with Crippen LogP contribution in [0.3, 0.4) is 0 Å². The summed E-state index contributed by atoms with van der Waals surface area (Å²) in [6, 6.07) is 2.24. The first-order valence-corrected chi connectivity index (χ1v) is 43.6. The van der Waals surface area contributed by atoms with Crippen molar-refractivity contribution < 1.29 is 107 Å². The number of nitrogens with one attached hydrogen (secondary N) is 9. The number of carbonyl (C=O) groups excluding carboxylic acids is 11. The van der Waals surface area contributed by atoms with Gasteiger partial charge in [-0.25, -0.2) is 14.4 Å². The number of epoxide rings is 1. The molecule has 4 aliphatic heterocycles. The Morgan fingerprint density at radius 3 is 2.21 bits per heavy atom. The van der Waals surface area contributed by atoms with Crippen LogP contribution in [-0.2, 0) is 86.2 Å². The molecule has 3 aromatic carbocycles. The van der Waals surface area contributed by atoms with Crippen molar-refractivity contribution in [1.82, 2.24) is 52.4 Å². The van der Waals surface area contributed by atoms with Crippen LogP contribution in [0.2, 0.25) is 5.02 Å². The number of ketones is 1. The summed E-state index contributed by atoms with van der Waals surface area (Å²) in [5.74, 6) is -10.9. The van der Waals surface area contributed by atoms with E-state index < -0.39 is 192 Å². The second-order valence-corrected chi connectivity index (χ2v) is 35.3. The van der Waals surface area contributed by atoms with E-state index in [4.69, 9.17) is 46.8 Å². The van der Waals surface area contributed by atoms with Gasteiger partial charge in [0.15, 0.2) is 17.6 Å². The largest absolute Gasteiger partial charge is 0.508 e. The van der Waals surface area contributed by atoms with Gasteiger partial charge in [-0.05, 0) is 114 Å². The number of nitrogens with zero attached hydrogens (tertiary/aromatic N) is 2. The fourth-order valence-electron chi connectivity index (χ4n) is 13.6. The maximum atomic E-state index is 15.1. The quantitative estimate of drug-likeness (QED) is 0.0244. The Labute approximate surface area is 703 Å². The number of likely N-dealkylation sites (N-methyl/N-ethyl adjacent to an activating group) is 1. The van der Waals surface area contributed by atoms with Gasteiger partial charge in [0.1, 0.15) is 76.7 Å². The van der Waals surface area contributed by atoms with Crippen LogP contribution in [0.4, 0.5) is 15.3 Å². The Hall–Kier alpha value is -8.87. The lowest BCUT2D eigenvalue weighted by molar-refractivity contribution is -0.145. The first-order valence-electron chi connectivity index (χ1n) is 38.2. The topological polar surface area (TPSA) is 526 Å². The maximum absolute atomic E-state index is 15.1. The highest BCUT2D eigenvalue weighted by molar-refractivity contribution is 8.77. The number of rotatable bonds is 26. The summed E-state index contributed by atoms with van der Waals surface area (Å²) in [6.07, 6.45) is -3.09. The number of carboxylic acids is 1. The number of aromatic nitrogens is 1. The van der Waals surface area contributed by atoms with Crippen molar-refractivity contribution in [2.45, 2.75) is 202 Å². The first kappa shape index (κ1) is 94.6. The van der Waals surface area contributed by atoms with Crippen LogP contribution in [0, 0.1) is 5.92 Å². The van der Waals surface area contributed by atoms with E-state index in [-0.39, 0.29) is 84.5 Å². The predicted octanol–water partition coefficient (Wildman–Crippen LogP) is 2.69. The number of aliphatic carboxylic acids is 1. The van der Waals surface area contributed by atoms with Gasteiger partial charge in [-0.15, -0.1) is 0 Å². The number of Topliss-reactive ketones (excluding diaryl/α,β-unsaturated/α-hetero) is 1. The third-order valence-corrected chi connectivity index (χ3v) is 26.1. The van der Waals surface area contributed by atoms with Gasteiger partial charge >= 0.3 is 18.2 Å². The Morgan fingerprint density at radius 2 is 1.54 bits per heavy atom. The molecule has 646 valence electrons. The fourth-order valence-corrected chi connectivity index (χ4v) is 18.4. The molecule has 4 bridgehead atoms. The molecule has 18 atom stereocenters. The number of aromatic amines is 1. The number of benzene rings is 3. The molecule has 40 heteroatoms. The van der Waals surface area contributed by atoms with Crippen molar-refractivity contribution in [1.29, 1.82) is 0 Å². The van der Waals surface area contributed by atoms with Gasteiger partial charge in [0.25, 0.3) is 0 Å². The van der Waals surface area contributed by atoms with Gasteiger partial charge in [-0.1, -0.05) is 116 Å². The van der Waals surface area contributed by atoms with Gasteiger partial charge in [0.2, 0.25) is 47.3 Å². The summed E-state index contributed by atoms with van der Waals surface area (Å²) in [5, 5.41) is 74.9. The number of H-pyrrole nitrogens is 1. The van der Waals surface area contributed by atoms with Crippen LogP contribution < -0.4 is 63.6 Å². The van der Waals surface area contributed by atoms with Gasteiger partial charge < -0.3 is 113 Å². The highest BCUT2D eigenvalue weighted by Gasteiger charge is 2.65. The third-order valence-electron chi connectivity index (χ3n) is 20.9. The van der Waals surface area contributed by atoms with Crippen LogP contribution in [0.25, 0.3) is 10.9 Å². The van der Waals surface area contributed by atoms with E-state index in [9.17, 15) is 73.5 Å². The summed E-state index contributed by atoms with van der Waals surface area (Å²) in [7, 11) is 9.62. The number of phenols is 1. The molecule has 10 amide bonds. The van der Waals surface area contributed by atoms with Gasteiger partial charge in [0.05, 0.1) is 49.6 Å². The number of aliphatic hydroxyl groups is 3. The molecule has 3 saturated heterocycles. The van der Waals surface area contributed by atoms with Crippen molar-refractivity contribution in [2.24, 2.45) is 17.4 Å². The number of aliphatic hydroxyl groups excluding tert-OH is 2. The predicted molar refractivity (Wildman–Crippen MR) is 445 cm³/mol. The lowest BCUT2D eigenvalue weighted by Gasteiger charge is -2.42. The monoisotopic (exact) mass is 1740 g/mol. The maximum Gasteiger partial charge on any atom is 0.410 e. The van der Waals surface area contributed by atoms with E-state index in [1.54, 1.807) is 68.6 Å². The van der Waals surface area contributed by atoms with Gasteiger partial charge in [-0.3, -0.25) is 48.5 Å². The number of amides is 10. The van der Waals surface area contributed by atoms with Crippen molar-refractivity contribution >= 4 is 143 Å². The number of carboxylic acid groups (broad SMARTS) is 1. The molecule has 0 saturated carbocycles. The molecule has 4 aliphatic rings. The second kappa shape index (κ2) is 43.4. The molecular weight excluding hydrogens is 1630 g/mol. The normalized spacial score (nSPS) is 27.3. The zero-order valence-corrected chi connectivity index (χ0v) is 71.0. The average molecular weight is 1740 g/mol. The van der Waals surface area contributed by atoms with Crippen molar-refractivity contribution in [3.8, 4) is 11.5 Å². The minimum atomic E-state index is -1.95. The fraction of sp³-hybridized carbons (Fsp3) is 0.538. The Morgan fingerprint density at radius 1 is 0.873 bits per heavy atom. The summed E-state index contributed by atoms with van der Waals surface area (Å²) in [6.45, 7) is 9.17. The third kappa shape index (κ3) is 25.4. The second-order valence-electron chi connectivity index (χ2n) is 29.8. The standard InChI is InChI=1S/C78H106ClN13O22S4/c1-39-16-15-20-60(111-10)78(109)34-59(112-75(107)90-78)40(2)66-77(6,114-66)61(33-62(97)92(8)56-30-45(28-39)31-58(110-9)63(56)79)113-76(108)91(7)41(3)57(96)25-27-115-116-36-49(81)67(98)86-54-37-117-118-38-55(72(103)89-65(43(5)94)74(105)106)87-73(104)64(42(4)93)88-68(99)51(19-13-14-26-80)83-70(101)53(32-46-35-82-50-18-12-11-17-48(46)50)85-69(100)52(84-71(54)102)29-44-21-23-47(95)24-22-44/h11-12,15-18,20-24,30-31,35,40-43,49,51-55,59-61,64-66,82,93-95,109H,13-14,19,25-29,32-34,36-38,80-81H2,1-10H3,(H,83,101)(H,84,102)(H,85,100)(H,86,98)(H,87,104)(H,88,99)(H,89,103)(H,90,107)(H,105,106)/b20-15+,39-16+/t40-,41?,42-,43-,49-,51+,52+,53-,54+,55+,59+,60-,61+,64+,65+,66+,77+,78+/m1/s1. The van der Waals surface area contributed by atoms with Crippen LogP contribution in [0.5, 0.6) is 11.5 Å². The molecule has 0 radical (unpaired) electrons. The number of allylic oxidation sites excluding steroid dienone is 3. The Bertz CT molecular complexity index is 4340. The highest BCUT2D eigenvalue weighted by atomic mass is 35.5. The molecule has 1 unspecified atom stereocenters. The lowest BCUT2D eigenvalue weighted by atomic mass is 9.83. The van der Waals surface area contributed by atoms with E-state index in [2.05, 4.69) is 47.5 Å². The first-order chi connectivity index (χ1) is 55.9. The number of alkyl carbamates (subject to hydrolysis) is 1. The van der Waals surface area contributed by atoms with E-state index >= 15 is 9.59 Å². The summed E-state index contributed by atoms with van der Waals surface area (Å²) < 4.78 is 29.6. The number of fused-ring (bicyclic) bond motifs is 6. The van der Waals surface area contributed by atoms with Crippen molar-refractivity contribution in [2.75, 3.05) is 62.8 Å². The number of hydrogen-bond donors (Lipinski definition) is 16. The molecule has 1 aromatic heterocycles.